The SMILES string of the molecule is CC(C)[C@@H](NC(=O)c1ccco1)C(=O)NCc1ccc(-n2ccnc2)cc1. The smallest absolute Gasteiger partial charge is 0.287 e. The minimum atomic E-state index is -0.646. The van der Waals surface area contributed by atoms with Crippen LogP contribution in [0.1, 0.15) is 30.0 Å². The standard InChI is InChI=1S/C20H22N4O3/c1-14(2)18(23-19(25)17-4-3-11-27-17)20(26)22-12-15-5-7-16(8-6-15)24-10-9-21-13-24/h3-11,13-14,18H,12H2,1-2H3,(H,22,26)(H,23,25)/t18-/m1/s1. The highest BCUT2D eigenvalue weighted by Gasteiger charge is 2.25. The van der Waals surface area contributed by atoms with Gasteiger partial charge in [-0.25, -0.2) is 4.98 Å². The summed E-state index contributed by atoms with van der Waals surface area (Å²) in [5.74, 6) is -0.516. The molecule has 2 amide bonds. The Bertz CT molecular complexity index is 869. The van der Waals surface area contributed by atoms with Crippen molar-refractivity contribution in [1.82, 2.24) is 20.2 Å². The minimum absolute atomic E-state index is 0.0625. The van der Waals surface area contributed by atoms with Gasteiger partial charge in [0.05, 0.1) is 12.6 Å². The molecule has 0 radical (unpaired) electrons. The third-order valence-electron chi connectivity index (χ3n) is 4.19. The van der Waals surface area contributed by atoms with Gasteiger partial charge in [0, 0.05) is 24.6 Å². The fourth-order valence-corrected chi connectivity index (χ4v) is 2.65. The summed E-state index contributed by atoms with van der Waals surface area (Å²) in [4.78, 5) is 28.7. The monoisotopic (exact) mass is 366 g/mol. The Labute approximate surface area is 157 Å². The van der Waals surface area contributed by atoms with Gasteiger partial charge < -0.3 is 19.6 Å². The maximum absolute atomic E-state index is 12.5. The fourth-order valence-electron chi connectivity index (χ4n) is 2.65. The molecule has 0 spiro atoms. The van der Waals surface area contributed by atoms with Crippen LogP contribution < -0.4 is 10.6 Å². The summed E-state index contributed by atoms with van der Waals surface area (Å²) < 4.78 is 6.98. The van der Waals surface area contributed by atoms with Crippen LogP contribution in [0, 0.1) is 5.92 Å². The van der Waals surface area contributed by atoms with E-state index in [0.717, 1.165) is 11.3 Å². The van der Waals surface area contributed by atoms with Gasteiger partial charge in [-0.15, -0.1) is 0 Å². The molecule has 0 aliphatic rings. The molecule has 0 saturated heterocycles. The van der Waals surface area contributed by atoms with Crippen molar-refractivity contribution in [1.29, 1.82) is 0 Å². The zero-order valence-electron chi connectivity index (χ0n) is 15.3. The number of hydrogen-bond acceptors (Lipinski definition) is 4. The lowest BCUT2D eigenvalue weighted by Crippen LogP contribution is -2.49. The number of hydrogen-bond donors (Lipinski definition) is 2. The maximum atomic E-state index is 12.5. The molecule has 0 unspecified atom stereocenters. The number of benzene rings is 1. The highest BCUT2D eigenvalue weighted by molar-refractivity contribution is 5.95. The van der Waals surface area contributed by atoms with E-state index in [1.807, 2.05) is 48.9 Å². The number of aromatic nitrogens is 2. The first-order chi connectivity index (χ1) is 13.0. The summed E-state index contributed by atoms with van der Waals surface area (Å²) in [5, 5.41) is 5.61. The third-order valence-corrected chi connectivity index (χ3v) is 4.19. The second-order valence-electron chi connectivity index (χ2n) is 6.53. The first-order valence-electron chi connectivity index (χ1n) is 8.74. The van der Waals surface area contributed by atoms with Crippen LogP contribution in [0.4, 0.5) is 0 Å². The van der Waals surface area contributed by atoms with E-state index in [1.165, 1.54) is 6.26 Å². The average Bonchev–Trinajstić information content (AvgIpc) is 3.38. The van der Waals surface area contributed by atoms with Crippen LogP contribution in [0.3, 0.4) is 0 Å². The van der Waals surface area contributed by atoms with E-state index >= 15 is 0 Å². The maximum Gasteiger partial charge on any atom is 0.287 e. The first-order valence-corrected chi connectivity index (χ1v) is 8.74. The van der Waals surface area contributed by atoms with Crippen LogP contribution >= 0.6 is 0 Å². The molecule has 0 aliphatic carbocycles. The zero-order chi connectivity index (χ0) is 19.2. The zero-order valence-corrected chi connectivity index (χ0v) is 15.3. The molecule has 7 heteroatoms. The summed E-state index contributed by atoms with van der Waals surface area (Å²) in [6, 6.07) is 10.4. The van der Waals surface area contributed by atoms with Crippen LogP contribution in [-0.4, -0.2) is 27.4 Å². The lowest BCUT2D eigenvalue weighted by atomic mass is 10.0. The Morgan fingerprint density at radius 2 is 1.96 bits per heavy atom. The van der Waals surface area contributed by atoms with Gasteiger partial charge in [-0.05, 0) is 35.7 Å². The van der Waals surface area contributed by atoms with E-state index in [1.54, 1.807) is 24.7 Å². The average molecular weight is 366 g/mol. The lowest BCUT2D eigenvalue weighted by Gasteiger charge is -2.21. The second-order valence-corrected chi connectivity index (χ2v) is 6.53. The van der Waals surface area contributed by atoms with Crippen LogP contribution in [-0.2, 0) is 11.3 Å². The Morgan fingerprint density at radius 1 is 1.19 bits per heavy atom. The topological polar surface area (TPSA) is 89.2 Å². The summed E-state index contributed by atoms with van der Waals surface area (Å²) in [5.41, 5.74) is 1.96. The molecule has 27 heavy (non-hydrogen) atoms. The molecule has 3 rings (SSSR count). The molecule has 3 aromatic rings. The predicted molar refractivity (Wildman–Crippen MR) is 100 cm³/mol. The van der Waals surface area contributed by atoms with Crippen molar-refractivity contribution >= 4 is 11.8 Å². The summed E-state index contributed by atoms with van der Waals surface area (Å²) in [7, 11) is 0. The summed E-state index contributed by atoms with van der Waals surface area (Å²) in [6.07, 6.45) is 6.74. The van der Waals surface area contributed by atoms with Crippen LogP contribution in [0.15, 0.2) is 65.8 Å². The van der Waals surface area contributed by atoms with Crippen molar-refractivity contribution in [3.05, 3.63) is 72.7 Å². The molecule has 1 atom stereocenters. The van der Waals surface area contributed by atoms with Crippen LogP contribution in [0.5, 0.6) is 0 Å². The molecule has 0 aliphatic heterocycles. The third kappa shape index (κ3) is 4.63. The van der Waals surface area contributed by atoms with Crippen LogP contribution in [0.2, 0.25) is 0 Å². The van der Waals surface area contributed by atoms with E-state index in [9.17, 15) is 9.59 Å². The number of amides is 2. The first kappa shape index (κ1) is 18.4. The Balaban J connectivity index is 1.58. The molecule has 140 valence electrons. The number of imidazole rings is 1. The predicted octanol–water partition coefficient (Wildman–Crippen LogP) is 2.54. The van der Waals surface area contributed by atoms with Gasteiger partial charge in [-0.1, -0.05) is 26.0 Å². The molecular formula is C20H22N4O3. The van der Waals surface area contributed by atoms with E-state index in [0.29, 0.717) is 6.54 Å². The Kier molecular flexibility index (Phi) is 5.71. The van der Waals surface area contributed by atoms with Crippen molar-refractivity contribution in [3.63, 3.8) is 0 Å². The summed E-state index contributed by atoms with van der Waals surface area (Å²) in [6.45, 7) is 4.14. The molecule has 0 saturated carbocycles. The summed E-state index contributed by atoms with van der Waals surface area (Å²) >= 11 is 0. The molecule has 2 N–H and O–H groups in total. The molecule has 0 fully saturated rings. The lowest BCUT2D eigenvalue weighted by molar-refractivity contribution is -0.124. The Morgan fingerprint density at radius 3 is 2.56 bits per heavy atom. The number of nitrogens with zero attached hydrogens (tertiary/aromatic N) is 2. The molecule has 2 heterocycles. The Hall–Kier alpha value is -3.35. The highest BCUT2D eigenvalue weighted by Crippen LogP contribution is 2.10. The number of carbonyl (C=O) groups excluding carboxylic acids is 2. The van der Waals surface area contributed by atoms with E-state index in [4.69, 9.17) is 4.42 Å². The van der Waals surface area contributed by atoms with Gasteiger partial charge in [0.15, 0.2) is 5.76 Å². The molecule has 7 nitrogen and oxygen atoms in total. The van der Waals surface area contributed by atoms with Gasteiger partial charge in [-0.3, -0.25) is 9.59 Å². The highest BCUT2D eigenvalue weighted by atomic mass is 16.3. The number of furan rings is 1. The quantitative estimate of drug-likeness (QED) is 0.672. The largest absolute Gasteiger partial charge is 0.459 e. The van der Waals surface area contributed by atoms with Gasteiger partial charge >= 0.3 is 0 Å². The van der Waals surface area contributed by atoms with Crippen molar-refractivity contribution in [2.24, 2.45) is 5.92 Å². The molecule has 1 aromatic carbocycles. The van der Waals surface area contributed by atoms with E-state index in [-0.39, 0.29) is 17.6 Å². The molecular weight excluding hydrogens is 344 g/mol. The van der Waals surface area contributed by atoms with Crippen molar-refractivity contribution in [3.8, 4) is 5.69 Å². The van der Waals surface area contributed by atoms with Gasteiger partial charge in [0.1, 0.15) is 6.04 Å². The van der Waals surface area contributed by atoms with Crippen molar-refractivity contribution in [2.75, 3.05) is 0 Å². The number of rotatable bonds is 7. The second kappa shape index (κ2) is 8.35. The normalized spacial score (nSPS) is 12.0. The van der Waals surface area contributed by atoms with Gasteiger partial charge in [-0.2, -0.15) is 0 Å². The van der Waals surface area contributed by atoms with Crippen LogP contribution in [0.25, 0.3) is 5.69 Å². The molecule has 2 aromatic heterocycles. The van der Waals surface area contributed by atoms with E-state index in [2.05, 4.69) is 15.6 Å². The van der Waals surface area contributed by atoms with Crippen molar-refractivity contribution < 1.29 is 14.0 Å². The molecule has 0 bridgehead atoms. The van der Waals surface area contributed by atoms with Crippen molar-refractivity contribution in [2.45, 2.75) is 26.4 Å². The fraction of sp³-hybridized carbons (Fsp3) is 0.250. The van der Waals surface area contributed by atoms with Gasteiger partial charge in [0.25, 0.3) is 5.91 Å². The van der Waals surface area contributed by atoms with E-state index < -0.39 is 11.9 Å². The minimum Gasteiger partial charge on any atom is -0.459 e. The van der Waals surface area contributed by atoms with Gasteiger partial charge in [0.2, 0.25) is 5.91 Å². The number of carbonyl (C=O) groups is 2. The number of nitrogens with one attached hydrogen (secondary N) is 2.